The van der Waals surface area contributed by atoms with Gasteiger partial charge in [0, 0.05) is 0 Å². The van der Waals surface area contributed by atoms with E-state index in [2.05, 4.69) is 0 Å². The molecule has 1 N–H and O–H groups in total. The lowest BCUT2D eigenvalue weighted by atomic mass is 10.0. The van der Waals surface area contributed by atoms with Gasteiger partial charge in [-0.05, 0) is 35.4 Å². The van der Waals surface area contributed by atoms with Crippen molar-refractivity contribution in [2.75, 3.05) is 20.0 Å². The van der Waals surface area contributed by atoms with Gasteiger partial charge in [0.05, 0.1) is 14.2 Å². The Kier molecular flexibility index (Phi) is 3.47. The smallest absolute Gasteiger partial charge is 0.320 e. The molecule has 0 fully saturated rings. The highest BCUT2D eigenvalue weighted by atomic mass is 32.2. The van der Waals surface area contributed by atoms with E-state index in [0.29, 0.717) is 11.5 Å². The number of carboxylic acids is 1. The van der Waals surface area contributed by atoms with Crippen molar-refractivity contribution in [3.63, 3.8) is 0 Å². The first-order chi connectivity index (χ1) is 8.17. The minimum Gasteiger partial charge on any atom is -0.493 e. The molecule has 0 saturated heterocycles. The highest BCUT2D eigenvalue weighted by Crippen LogP contribution is 2.42. The number of benzene rings is 1. The number of hydrogen-bond donors (Lipinski definition) is 2. The van der Waals surface area contributed by atoms with E-state index in [1.807, 2.05) is 6.07 Å². The van der Waals surface area contributed by atoms with Crippen LogP contribution in [0.3, 0.4) is 0 Å². The summed E-state index contributed by atoms with van der Waals surface area (Å²) in [5.74, 6) is 1.35. The Morgan fingerprint density at radius 3 is 2.59 bits per heavy atom. The number of methoxy groups -OCH3 is 2. The van der Waals surface area contributed by atoms with Gasteiger partial charge in [-0.3, -0.25) is 4.79 Å². The summed E-state index contributed by atoms with van der Waals surface area (Å²) >= 11 is 0.945. The van der Waals surface area contributed by atoms with Crippen LogP contribution in [-0.2, 0) is 11.2 Å². The number of aliphatic carboxylic acids is 1. The van der Waals surface area contributed by atoms with Crippen LogP contribution in [0.2, 0.25) is 0 Å². The maximum Gasteiger partial charge on any atom is 0.320 e. The number of aryl methyl sites for hydroxylation is 1. The standard InChI is InChI=1S/C12H15O4S/c1-15-9-5-7-3-4-17-11(12(13)14)8(7)6-10(9)16-2/h5-6,11,17H,3-4H2,1-2H3,(H,13,14). The first-order valence-electron chi connectivity index (χ1n) is 5.31. The van der Waals surface area contributed by atoms with Gasteiger partial charge in [-0.25, -0.2) is 11.8 Å². The lowest BCUT2D eigenvalue weighted by Gasteiger charge is -2.24. The third kappa shape index (κ3) is 2.20. The van der Waals surface area contributed by atoms with Gasteiger partial charge in [0.25, 0.3) is 0 Å². The SMILES string of the molecule is COc1cc2c(cc1OC)C(C(=O)O)[SH]CC2. The first-order valence-corrected chi connectivity index (χ1v) is 6.46. The fraction of sp³-hybridized carbons (Fsp3) is 0.417. The second-order valence-corrected chi connectivity index (χ2v) is 5.13. The number of hydrogen-bond acceptors (Lipinski definition) is 3. The van der Waals surface area contributed by atoms with Crippen molar-refractivity contribution in [2.45, 2.75) is 11.7 Å². The molecule has 17 heavy (non-hydrogen) atoms. The Hall–Kier alpha value is -1.36. The highest BCUT2D eigenvalue weighted by Gasteiger charge is 2.27. The molecular formula is C12H15O4S. The van der Waals surface area contributed by atoms with Gasteiger partial charge in [0.2, 0.25) is 0 Å². The van der Waals surface area contributed by atoms with Crippen LogP contribution >= 0.6 is 11.8 Å². The van der Waals surface area contributed by atoms with Crippen LogP contribution in [0.5, 0.6) is 11.5 Å². The van der Waals surface area contributed by atoms with Gasteiger partial charge in [0.15, 0.2) is 11.5 Å². The van der Waals surface area contributed by atoms with Gasteiger partial charge in [0.1, 0.15) is 5.25 Å². The largest absolute Gasteiger partial charge is 0.493 e. The zero-order chi connectivity index (χ0) is 12.4. The van der Waals surface area contributed by atoms with E-state index in [0.717, 1.165) is 35.1 Å². The summed E-state index contributed by atoms with van der Waals surface area (Å²) in [5, 5.41) is 8.75. The lowest BCUT2D eigenvalue weighted by Crippen LogP contribution is -2.16. The summed E-state index contributed by atoms with van der Waals surface area (Å²) in [6.07, 6.45) is 0.890. The quantitative estimate of drug-likeness (QED) is 0.809. The summed E-state index contributed by atoms with van der Waals surface area (Å²) in [6, 6.07) is 3.68. The molecule has 93 valence electrons. The molecule has 0 aliphatic carbocycles. The normalized spacial score (nSPS) is 18.4. The van der Waals surface area contributed by atoms with E-state index < -0.39 is 11.2 Å². The minimum atomic E-state index is -0.778. The molecule has 1 radical (unpaired) electrons. The zero-order valence-corrected chi connectivity index (χ0v) is 10.7. The predicted octanol–water partition coefficient (Wildman–Crippen LogP) is 1.85. The van der Waals surface area contributed by atoms with Crippen LogP contribution in [0.25, 0.3) is 0 Å². The molecule has 1 aliphatic rings. The second kappa shape index (κ2) is 4.87. The Morgan fingerprint density at radius 1 is 1.35 bits per heavy atom. The van der Waals surface area contributed by atoms with Crippen molar-refractivity contribution in [1.29, 1.82) is 0 Å². The molecule has 2 rings (SSSR count). The van der Waals surface area contributed by atoms with E-state index in [1.165, 1.54) is 0 Å². The van der Waals surface area contributed by atoms with Gasteiger partial charge >= 0.3 is 5.97 Å². The lowest BCUT2D eigenvalue weighted by molar-refractivity contribution is -0.136. The van der Waals surface area contributed by atoms with Crippen LogP contribution in [0.15, 0.2) is 12.1 Å². The Labute approximate surface area is 104 Å². The number of rotatable bonds is 3. The number of fused-ring (bicyclic) bond motifs is 1. The number of carboxylic acid groups (broad SMARTS) is 1. The Bertz CT molecular complexity index is 444. The third-order valence-electron chi connectivity index (χ3n) is 2.87. The molecule has 5 heteroatoms. The molecule has 0 saturated carbocycles. The van der Waals surface area contributed by atoms with Gasteiger partial charge < -0.3 is 14.6 Å². The topological polar surface area (TPSA) is 55.8 Å². The molecule has 4 nitrogen and oxygen atoms in total. The molecule has 1 aromatic carbocycles. The number of carbonyl (C=O) groups is 1. The van der Waals surface area contributed by atoms with Crippen LogP contribution < -0.4 is 9.47 Å². The molecule has 0 amide bonds. The zero-order valence-electron chi connectivity index (χ0n) is 9.77. The molecule has 1 unspecified atom stereocenters. The molecule has 0 spiro atoms. The van der Waals surface area contributed by atoms with Crippen LogP contribution in [0.4, 0.5) is 0 Å². The van der Waals surface area contributed by atoms with E-state index in [-0.39, 0.29) is 0 Å². The summed E-state index contributed by atoms with van der Waals surface area (Å²) < 4.78 is 10.4. The molecular weight excluding hydrogens is 240 g/mol. The monoisotopic (exact) mass is 255 g/mol. The molecule has 1 aromatic rings. The van der Waals surface area contributed by atoms with Crippen LogP contribution in [0.1, 0.15) is 16.4 Å². The third-order valence-corrected chi connectivity index (χ3v) is 4.21. The van der Waals surface area contributed by atoms with Crippen molar-refractivity contribution in [2.24, 2.45) is 0 Å². The van der Waals surface area contributed by atoms with E-state index in [9.17, 15) is 9.90 Å². The van der Waals surface area contributed by atoms with Crippen molar-refractivity contribution in [3.8, 4) is 11.5 Å². The fourth-order valence-electron chi connectivity index (χ4n) is 2.03. The molecule has 1 heterocycles. The maximum atomic E-state index is 11.2. The van der Waals surface area contributed by atoms with Crippen molar-refractivity contribution in [3.05, 3.63) is 23.3 Å². The van der Waals surface area contributed by atoms with Crippen LogP contribution in [-0.4, -0.2) is 31.0 Å². The van der Waals surface area contributed by atoms with E-state index >= 15 is 0 Å². The summed E-state index contributed by atoms with van der Waals surface area (Å²) in [6.45, 7) is 0. The first kappa shape index (κ1) is 12.1. The minimum absolute atomic E-state index is 0.446. The molecule has 0 aromatic heterocycles. The average molecular weight is 255 g/mol. The van der Waals surface area contributed by atoms with Gasteiger partial charge in [-0.2, -0.15) is 0 Å². The van der Waals surface area contributed by atoms with Crippen molar-refractivity contribution >= 4 is 17.7 Å². The van der Waals surface area contributed by atoms with Crippen LogP contribution in [0, 0.1) is 0 Å². The number of thiol groups is 1. The highest BCUT2D eigenvalue weighted by molar-refractivity contribution is 8.00. The maximum absolute atomic E-state index is 11.2. The molecule has 0 bridgehead atoms. The fourth-order valence-corrected chi connectivity index (χ4v) is 3.25. The molecule has 1 atom stereocenters. The number of ether oxygens (including phenoxy) is 2. The van der Waals surface area contributed by atoms with E-state index in [4.69, 9.17) is 9.47 Å². The van der Waals surface area contributed by atoms with Gasteiger partial charge in [-0.15, -0.1) is 0 Å². The summed E-state index contributed by atoms with van der Waals surface area (Å²) in [4.78, 5) is 11.2. The summed E-state index contributed by atoms with van der Waals surface area (Å²) in [7, 11) is 3.14. The Morgan fingerprint density at radius 2 is 2.00 bits per heavy atom. The predicted molar refractivity (Wildman–Crippen MR) is 67.5 cm³/mol. The Balaban J connectivity index is 2.50. The van der Waals surface area contributed by atoms with Crippen molar-refractivity contribution < 1.29 is 19.4 Å². The summed E-state index contributed by atoms with van der Waals surface area (Å²) in [5.41, 5.74) is 1.90. The van der Waals surface area contributed by atoms with Gasteiger partial charge in [-0.1, -0.05) is 0 Å². The van der Waals surface area contributed by atoms with Crippen molar-refractivity contribution in [1.82, 2.24) is 0 Å². The molecule has 1 aliphatic heterocycles. The average Bonchev–Trinajstić information content (AvgIpc) is 2.35. The van der Waals surface area contributed by atoms with E-state index in [1.54, 1.807) is 20.3 Å². The second-order valence-electron chi connectivity index (χ2n) is 3.80.